The molecule has 180 valence electrons. The highest BCUT2D eigenvalue weighted by atomic mass is 32.2. The SMILES string of the molecule is CCOc1ccc([C@@H](C)NC(=O)c2ccc(NS(=O)(=O)c3ccc(C)cc3)cc2)cc1OCC. The first-order chi connectivity index (χ1) is 16.2. The molecule has 0 radical (unpaired) electrons. The summed E-state index contributed by atoms with van der Waals surface area (Å²) in [5.41, 5.74) is 2.64. The summed E-state index contributed by atoms with van der Waals surface area (Å²) in [7, 11) is -3.71. The summed E-state index contributed by atoms with van der Waals surface area (Å²) in [5.74, 6) is 1.02. The quantitative estimate of drug-likeness (QED) is 0.420. The van der Waals surface area contributed by atoms with Crippen LogP contribution in [0.15, 0.2) is 71.6 Å². The number of rotatable bonds is 10. The lowest BCUT2D eigenvalue weighted by Gasteiger charge is -2.18. The molecule has 0 fully saturated rings. The van der Waals surface area contributed by atoms with Gasteiger partial charge in [-0.1, -0.05) is 23.8 Å². The molecule has 3 rings (SSSR count). The Labute approximate surface area is 201 Å². The van der Waals surface area contributed by atoms with E-state index in [1.807, 2.05) is 45.9 Å². The summed E-state index contributed by atoms with van der Waals surface area (Å²) in [4.78, 5) is 12.9. The predicted octanol–water partition coefficient (Wildman–Crippen LogP) is 5.08. The van der Waals surface area contributed by atoms with Crippen LogP contribution in [0.1, 0.15) is 48.3 Å². The van der Waals surface area contributed by atoms with E-state index in [0.29, 0.717) is 36.0 Å². The van der Waals surface area contributed by atoms with Gasteiger partial charge in [0.1, 0.15) is 0 Å². The van der Waals surface area contributed by atoms with E-state index in [4.69, 9.17) is 9.47 Å². The van der Waals surface area contributed by atoms with Crippen LogP contribution in [0.5, 0.6) is 11.5 Å². The van der Waals surface area contributed by atoms with Gasteiger partial charge in [-0.3, -0.25) is 9.52 Å². The van der Waals surface area contributed by atoms with E-state index in [1.165, 1.54) is 0 Å². The first-order valence-corrected chi connectivity index (χ1v) is 12.6. The Morgan fingerprint density at radius 2 is 1.50 bits per heavy atom. The third-order valence-corrected chi connectivity index (χ3v) is 6.54. The number of sulfonamides is 1. The van der Waals surface area contributed by atoms with Gasteiger partial charge < -0.3 is 14.8 Å². The van der Waals surface area contributed by atoms with Gasteiger partial charge in [-0.15, -0.1) is 0 Å². The number of anilines is 1. The molecule has 3 aromatic rings. The Bertz CT molecular complexity index is 1220. The number of benzene rings is 3. The van der Waals surface area contributed by atoms with E-state index in [9.17, 15) is 13.2 Å². The first kappa shape index (κ1) is 25.1. The maximum Gasteiger partial charge on any atom is 0.261 e. The van der Waals surface area contributed by atoms with Gasteiger partial charge in [0.2, 0.25) is 0 Å². The van der Waals surface area contributed by atoms with Gasteiger partial charge in [0.15, 0.2) is 11.5 Å². The minimum Gasteiger partial charge on any atom is -0.490 e. The van der Waals surface area contributed by atoms with E-state index in [2.05, 4.69) is 10.0 Å². The van der Waals surface area contributed by atoms with Crippen molar-refractivity contribution in [1.82, 2.24) is 5.32 Å². The molecule has 0 aromatic heterocycles. The molecule has 2 N–H and O–H groups in total. The van der Waals surface area contributed by atoms with Crippen molar-refractivity contribution in [2.75, 3.05) is 17.9 Å². The van der Waals surface area contributed by atoms with Crippen LogP contribution in [0, 0.1) is 6.92 Å². The molecule has 0 unspecified atom stereocenters. The summed E-state index contributed by atoms with van der Waals surface area (Å²) >= 11 is 0. The largest absolute Gasteiger partial charge is 0.490 e. The van der Waals surface area contributed by atoms with E-state index in [-0.39, 0.29) is 16.8 Å². The van der Waals surface area contributed by atoms with E-state index >= 15 is 0 Å². The Morgan fingerprint density at radius 3 is 2.12 bits per heavy atom. The number of hydrogen-bond acceptors (Lipinski definition) is 5. The van der Waals surface area contributed by atoms with Crippen LogP contribution < -0.4 is 19.5 Å². The highest BCUT2D eigenvalue weighted by Crippen LogP contribution is 2.31. The number of ether oxygens (including phenoxy) is 2. The fourth-order valence-corrected chi connectivity index (χ4v) is 4.38. The molecule has 0 saturated carbocycles. The van der Waals surface area contributed by atoms with Crippen molar-refractivity contribution >= 4 is 21.6 Å². The van der Waals surface area contributed by atoms with Gasteiger partial charge in [0.25, 0.3) is 15.9 Å². The third-order valence-electron chi connectivity index (χ3n) is 5.15. The number of carbonyl (C=O) groups excluding carboxylic acids is 1. The lowest BCUT2D eigenvalue weighted by molar-refractivity contribution is 0.0940. The van der Waals surface area contributed by atoms with Crippen LogP contribution in [-0.4, -0.2) is 27.5 Å². The smallest absolute Gasteiger partial charge is 0.261 e. The van der Waals surface area contributed by atoms with Gasteiger partial charge in [-0.25, -0.2) is 8.42 Å². The van der Waals surface area contributed by atoms with Crippen molar-refractivity contribution in [1.29, 1.82) is 0 Å². The van der Waals surface area contributed by atoms with E-state index in [1.54, 1.807) is 48.5 Å². The standard InChI is InChI=1S/C26H30N2O5S/c1-5-32-24-16-11-21(17-25(24)33-6-2)19(4)27-26(29)20-9-12-22(13-10-20)28-34(30,31)23-14-7-18(3)8-15-23/h7-17,19,28H,5-6H2,1-4H3,(H,27,29)/t19-/m1/s1. The van der Waals surface area contributed by atoms with Crippen LogP contribution in [0.3, 0.4) is 0 Å². The minimum atomic E-state index is -3.71. The van der Waals surface area contributed by atoms with Crippen LogP contribution in [0.4, 0.5) is 5.69 Å². The second-order valence-electron chi connectivity index (χ2n) is 7.76. The Balaban J connectivity index is 1.67. The first-order valence-electron chi connectivity index (χ1n) is 11.1. The summed E-state index contributed by atoms with van der Waals surface area (Å²) in [6, 6.07) is 18.2. The molecular formula is C26H30N2O5S. The van der Waals surface area contributed by atoms with Crippen molar-refractivity contribution < 1.29 is 22.7 Å². The second-order valence-corrected chi connectivity index (χ2v) is 9.45. The van der Waals surface area contributed by atoms with Gasteiger partial charge in [0.05, 0.1) is 24.2 Å². The number of nitrogens with one attached hydrogen (secondary N) is 2. The van der Waals surface area contributed by atoms with Crippen molar-refractivity contribution in [3.8, 4) is 11.5 Å². The molecule has 0 bridgehead atoms. The molecule has 7 nitrogen and oxygen atoms in total. The molecule has 0 aliphatic rings. The average Bonchev–Trinajstić information content (AvgIpc) is 2.81. The van der Waals surface area contributed by atoms with Crippen molar-refractivity contribution in [2.24, 2.45) is 0 Å². The number of aryl methyl sites for hydroxylation is 1. The van der Waals surface area contributed by atoms with E-state index in [0.717, 1.165) is 11.1 Å². The normalized spacial score (nSPS) is 12.0. The molecule has 0 aliphatic carbocycles. The van der Waals surface area contributed by atoms with Gasteiger partial charge >= 0.3 is 0 Å². The fourth-order valence-electron chi connectivity index (χ4n) is 3.32. The molecular weight excluding hydrogens is 452 g/mol. The van der Waals surface area contributed by atoms with Crippen LogP contribution in [0.25, 0.3) is 0 Å². The minimum absolute atomic E-state index is 0.176. The van der Waals surface area contributed by atoms with Gasteiger partial charge in [-0.05, 0) is 81.8 Å². The summed E-state index contributed by atoms with van der Waals surface area (Å²) < 4.78 is 38.9. The molecule has 0 heterocycles. The zero-order chi connectivity index (χ0) is 24.7. The van der Waals surface area contributed by atoms with Crippen LogP contribution >= 0.6 is 0 Å². The molecule has 8 heteroatoms. The van der Waals surface area contributed by atoms with Crippen molar-refractivity contribution in [3.63, 3.8) is 0 Å². The van der Waals surface area contributed by atoms with Gasteiger partial charge in [0, 0.05) is 11.3 Å². The summed E-state index contributed by atoms with van der Waals surface area (Å²) in [6.45, 7) is 8.62. The zero-order valence-corrected chi connectivity index (χ0v) is 20.6. The Morgan fingerprint density at radius 1 is 0.882 bits per heavy atom. The molecule has 0 saturated heterocycles. The van der Waals surface area contributed by atoms with E-state index < -0.39 is 10.0 Å². The number of amides is 1. The number of hydrogen-bond donors (Lipinski definition) is 2. The summed E-state index contributed by atoms with van der Waals surface area (Å²) in [6.07, 6.45) is 0. The lowest BCUT2D eigenvalue weighted by Crippen LogP contribution is -2.26. The molecule has 1 atom stereocenters. The molecule has 3 aromatic carbocycles. The van der Waals surface area contributed by atoms with Crippen LogP contribution in [-0.2, 0) is 10.0 Å². The predicted molar refractivity (Wildman–Crippen MR) is 133 cm³/mol. The molecule has 34 heavy (non-hydrogen) atoms. The molecule has 0 spiro atoms. The Kier molecular flexibility index (Phi) is 8.17. The van der Waals surface area contributed by atoms with Crippen molar-refractivity contribution in [3.05, 3.63) is 83.4 Å². The fraction of sp³-hybridized carbons (Fsp3) is 0.269. The molecule has 0 aliphatic heterocycles. The number of carbonyl (C=O) groups is 1. The lowest BCUT2D eigenvalue weighted by atomic mass is 10.1. The monoisotopic (exact) mass is 482 g/mol. The Hall–Kier alpha value is -3.52. The molecule has 1 amide bonds. The van der Waals surface area contributed by atoms with Crippen LogP contribution in [0.2, 0.25) is 0 Å². The zero-order valence-electron chi connectivity index (χ0n) is 19.8. The maximum atomic E-state index is 12.8. The highest BCUT2D eigenvalue weighted by Gasteiger charge is 2.16. The average molecular weight is 483 g/mol. The van der Waals surface area contributed by atoms with Gasteiger partial charge in [-0.2, -0.15) is 0 Å². The topological polar surface area (TPSA) is 93.7 Å². The maximum absolute atomic E-state index is 12.8. The highest BCUT2D eigenvalue weighted by molar-refractivity contribution is 7.92. The van der Waals surface area contributed by atoms with Crippen molar-refractivity contribution in [2.45, 2.75) is 38.6 Å². The third kappa shape index (κ3) is 6.29. The second kappa shape index (κ2) is 11.1. The summed E-state index contributed by atoms with van der Waals surface area (Å²) in [5, 5.41) is 2.96.